The molecule has 2 fully saturated rings. The Balaban J connectivity index is 1.23. The maximum atomic E-state index is 12.7. The molecule has 0 unspecified atom stereocenters. The second kappa shape index (κ2) is 11.3. The zero-order valence-electron chi connectivity index (χ0n) is 19.3. The highest BCUT2D eigenvalue weighted by atomic mass is 32.2. The van der Waals surface area contributed by atoms with Crippen molar-refractivity contribution in [1.29, 1.82) is 0 Å². The van der Waals surface area contributed by atoms with Crippen molar-refractivity contribution in [3.8, 4) is 0 Å². The molecule has 2 aromatic carbocycles. The van der Waals surface area contributed by atoms with Gasteiger partial charge in [0.15, 0.2) is 0 Å². The molecule has 0 saturated carbocycles. The fraction of sp³-hybridized carbons (Fsp3) is 0.500. The minimum absolute atomic E-state index is 0.0124. The molecule has 0 aromatic heterocycles. The molecule has 0 aliphatic carbocycles. The molecule has 1 N–H and O–H groups in total. The first-order valence-corrected chi connectivity index (χ1v) is 13.7. The van der Waals surface area contributed by atoms with Gasteiger partial charge in [0, 0.05) is 32.1 Å². The second-order valence-electron chi connectivity index (χ2n) is 9.29. The number of benzene rings is 2. The van der Waals surface area contributed by atoms with Gasteiger partial charge in [0.05, 0.1) is 5.75 Å². The summed E-state index contributed by atoms with van der Waals surface area (Å²) in [6.45, 7) is 4.62. The summed E-state index contributed by atoms with van der Waals surface area (Å²) in [7, 11) is -3.36. The predicted molar refractivity (Wildman–Crippen MR) is 131 cm³/mol. The standard InChI is InChI=1S/C26H35N3O3S/c30-26(27-19-23-10-7-11-24(18-23)20-28-14-5-2-6-15-28)25-12-16-29(17-13-25)33(31,32)21-22-8-3-1-4-9-22/h1,3-4,7-11,18,25H,2,5-6,12-17,19-21H2,(H,27,30). The van der Waals surface area contributed by atoms with Gasteiger partial charge in [-0.25, -0.2) is 12.7 Å². The molecule has 0 spiro atoms. The van der Waals surface area contributed by atoms with Crippen LogP contribution in [0.4, 0.5) is 0 Å². The van der Waals surface area contributed by atoms with Gasteiger partial charge < -0.3 is 5.32 Å². The van der Waals surface area contributed by atoms with Gasteiger partial charge in [-0.05, 0) is 55.5 Å². The van der Waals surface area contributed by atoms with E-state index in [-0.39, 0.29) is 17.6 Å². The lowest BCUT2D eigenvalue weighted by Crippen LogP contribution is -2.43. The average molecular weight is 470 g/mol. The summed E-state index contributed by atoms with van der Waals surface area (Å²) in [5.74, 6) is -0.0976. The molecule has 1 amide bonds. The minimum atomic E-state index is -3.36. The monoisotopic (exact) mass is 469 g/mol. The Labute approximate surface area is 198 Å². The topological polar surface area (TPSA) is 69.7 Å². The average Bonchev–Trinajstić information content (AvgIpc) is 2.84. The molecular weight excluding hydrogens is 434 g/mol. The summed E-state index contributed by atoms with van der Waals surface area (Å²) >= 11 is 0. The maximum Gasteiger partial charge on any atom is 0.223 e. The van der Waals surface area contributed by atoms with E-state index in [1.165, 1.54) is 42.2 Å². The highest BCUT2D eigenvalue weighted by Gasteiger charge is 2.31. The van der Waals surface area contributed by atoms with Crippen LogP contribution in [0.5, 0.6) is 0 Å². The Morgan fingerprint density at radius 3 is 2.24 bits per heavy atom. The summed E-state index contributed by atoms with van der Waals surface area (Å²) in [4.78, 5) is 15.2. The number of sulfonamides is 1. The predicted octanol–water partition coefficient (Wildman–Crippen LogP) is 3.53. The number of hydrogen-bond acceptors (Lipinski definition) is 4. The van der Waals surface area contributed by atoms with E-state index < -0.39 is 10.0 Å². The van der Waals surface area contributed by atoms with Gasteiger partial charge >= 0.3 is 0 Å². The third-order valence-electron chi connectivity index (χ3n) is 6.72. The van der Waals surface area contributed by atoms with Crippen molar-refractivity contribution in [2.75, 3.05) is 26.2 Å². The normalized spacial score (nSPS) is 18.8. The van der Waals surface area contributed by atoms with Crippen LogP contribution in [0, 0.1) is 5.92 Å². The number of nitrogens with one attached hydrogen (secondary N) is 1. The highest BCUT2D eigenvalue weighted by molar-refractivity contribution is 7.88. The lowest BCUT2D eigenvalue weighted by atomic mass is 9.97. The van der Waals surface area contributed by atoms with E-state index in [4.69, 9.17) is 0 Å². The number of likely N-dealkylation sites (tertiary alicyclic amines) is 1. The van der Waals surface area contributed by atoms with E-state index in [1.807, 2.05) is 30.3 Å². The fourth-order valence-corrected chi connectivity index (χ4v) is 6.38. The lowest BCUT2D eigenvalue weighted by Gasteiger charge is -2.30. The smallest absolute Gasteiger partial charge is 0.223 e. The first-order chi connectivity index (χ1) is 16.0. The molecule has 7 heteroatoms. The summed E-state index contributed by atoms with van der Waals surface area (Å²) in [6, 6.07) is 17.7. The molecule has 0 atom stereocenters. The van der Waals surface area contributed by atoms with Crippen LogP contribution in [0.25, 0.3) is 0 Å². The summed E-state index contributed by atoms with van der Waals surface area (Å²) in [6.07, 6.45) is 5.02. The van der Waals surface area contributed by atoms with Gasteiger partial charge in [0.25, 0.3) is 0 Å². The molecule has 33 heavy (non-hydrogen) atoms. The zero-order valence-corrected chi connectivity index (χ0v) is 20.1. The van der Waals surface area contributed by atoms with Crippen LogP contribution >= 0.6 is 0 Å². The fourth-order valence-electron chi connectivity index (χ4n) is 4.82. The number of carbonyl (C=O) groups is 1. The van der Waals surface area contributed by atoms with E-state index in [1.54, 1.807) is 0 Å². The molecule has 0 bridgehead atoms. The number of carbonyl (C=O) groups excluding carboxylic acids is 1. The SMILES string of the molecule is O=C(NCc1cccc(CN2CCCCC2)c1)C1CCN(S(=O)(=O)Cc2ccccc2)CC1. The van der Waals surface area contributed by atoms with Crippen molar-refractivity contribution in [2.24, 2.45) is 5.92 Å². The van der Waals surface area contributed by atoms with Crippen LogP contribution < -0.4 is 5.32 Å². The first kappa shape index (κ1) is 23.9. The van der Waals surface area contributed by atoms with Crippen LogP contribution in [0.3, 0.4) is 0 Å². The van der Waals surface area contributed by atoms with Crippen molar-refractivity contribution in [2.45, 2.75) is 50.9 Å². The van der Waals surface area contributed by atoms with E-state index >= 15 is 0 Å². The number of piperidine rings is 2. The highest BCUT2D eigenvalue weighted by Crippen LogP contribution is 2.22. The molecule has 2 heterocycles. The van der Waals surface area contributed by atoms with Crippen LogP contribution in [-0.2, 0) is 33.7 Å². The van der Waals surface area contributed by atoms with Crippen molar-refractivity contribution in [3.05, 3.63) is 71.3 Å². The Morgan fingerprint density at radius 1 is 0.848 bits per heavy atom. The van der Waals surface area contributed by atoms with Gasteiger partial charge in [-0.3, -0.25) is 9.69 Å². The molecule has 2 saturated heterocycles. The number of hydrogen-bond donors (Lipinski definition) is 1. The van der Waals surface area contributed by atoms with Crippen molar-refractivity contribution < 1.29 is 13.2 Å². The molecule has 6 nitrogen and oxygen atoms in total. The summed E-state index contributed by atoms with van der Waals surface area (Å²) in [5.41, 5.74) is 3.20. The Hall–Kier alpha value is -2.22. The van der Waals surface area contributed by atoms with Gasteiger partial charge in [0.2, 0.25) is 15.9 Å². The molecule has 4 rings (SSSR count). The lowest BCUT2D eigenvalue weighted by molar-refractivity contribution is -0.126. The third-order valence-corrected chi connectivity index (χ3v) is 8.57. The summed E-state index contributed by atoms with van der Waals surface area (Å²) in [5, 5.41) is 3.07. The van der Waals surface area contributed by atoms with Gasteiger partial charge in [-0.1, -0.05) is 61.0 Å². The van der Waals surface area contributed by atoms with Gasteiger partial charge in [0.1, 0.15) is 0 Å². The van der Waals surface area contributed by atoms with Crippen molar-refractivity contribution in [3.63, 3.8) is 0 Å². The molecule has 2 aliphatic rings. The van der Waals surface area contributed by atoms with E-state index in [0.717, 1.165) is 17.7 Å². The van der Waals surface area contributed by atoms with Gasteiger partial charge in [-0.15, -0.1) is 0 Å². The molecule has 2 aliphatic heterocycles. The van der Waals surface area contributed by atoms with E-state index in [9.17, 15) is 13.2 Å². The minimum Gasteiger partial charge on any atom is -0.352 e. The number of amides is 1. The number of rotatable bonds is 8. The summed E-state index contributed by atoms with van der Waals surface area (Å²) < 4.78 is 27.0. The first-order valence-electron chi connectivity index (χ1n) is 12.1. The van der Waals surface area contributed by atoms with E-state index in [2.05, 4.69) is 34.5 Å². The van der Waals surface area contributed by atoms with E-state index in [0.29, 0.717) is 32.5 Å². The Bertz CT molecular complexity index is 1010. The van der Waals surface area contributed by atoms with Crippen LogP contribution in [-0.4, -0.2) is 49.7 Å². The van der Waals surface area contributed by atoms with Crippen molar-refractivity contribution in [1.82, 2.24) is 14.5 Å². The molecule has 178 valence electrons. The van der Waals surface area contributed by atoms with Crippen LogP contribution in [0.2, 0.25) is 0 Å². The second-order valence-corrected chi connectivity index (χ2v) is 11.3. The zero-order chi connectivity index (χ0) is 23.1. The number of nitrogens with zero attached hydrogens (tertiary/aromatic N) is 2. The molecular formula is C26H35N3O3S. The Morgan fingerprint density at radius 2 is 1.52 bits per heavy atom. The third kappa shape index (κ3) is 6.88. The molecule has 0 radical (unpaired) electrons. The maximum absolute atomic E-state index is 12.7. The Kier molecular flexibility index (Phi) is 8.17. The quantitative estimate of drug-likeness (QED) is 0.642. The van der Waals surface area contributed by atoms with Gasteiger partial charge in [-0.2, -0.15) is 0 Å². The largest absolute Gasteiger partial charge is 0.352 e. The van der Waals surface area contributed by atoms with Crippen LogP contribution in [0.15, 0.2) is 54.6 Å². The van der Waals surface area contributed by atoms with Crippen LogP contribution in [0.1, 0.15) is 48.8 Å². The van der Waals surface area contributed by atoms with Crippen molar-refractivity contribution >= 4 is 15.9 Å². The molecule has 2 aromatic rings.